The van der Waals surface area contributed by atoms with E-state index in [0.717, 1.165) is 24.3 Å². The number of nitro groups is 3. The zero-order chi connectivity index (χ0) is 25.3. The maximum absolute atomic E-state index is 12.9. The van der Waals surface area contributed by atoms with Crippen LogP contribution >= 0.6 is 11.6 Å². The number of amides is 2. The third-order valence-electron chi connectivity index (χ3n) is 4.62. The molecule has 0 saturated carbocycles. The molecule has 1 aliphatic rings. The number of hydrogen-bond donors (Lipinski definition) is 1. The summed E-state index contributed by atoms with van der Waals surface area (Å²) in [5.74, 6) is -5.61. The monoisotopic (exact) mass is 490 g/mol. The molecule has 0 aromatic heterocycles. The molecule has 0 bridgehead atoms. The van der Waals surface area contributed by atoms with E-state index in [4.69, 9.17) is 11.6 Å². The molecule has 1 heterocycles. The van der Waals surface area contributed by atoms with Crippen molar-refractivity contribution < 1.29 is 29.2 Å². The van der Waals surface area contributed by atoms with E-state index in [2.05, 4.69) is 5.10 Å². The Morgan fingerprint density at radius 1 is 1.00 bits per heavy atom. The predicted octanol–water partition coefficient (Wildman–Crippen LogP) is 2.61. The molecule has 1 aliphatic heterocycles. The molecule has 174 valence electrons. The van der Waals surface area contributed by atoms with Crippen LogP contribution in [0.1, 0.15) is 6.92 Å². The Morgan fingerprint density at radius 2 is 1.65 bits per heavy atom. The van der Waals surface area contributed by atoms with Gasteiger partial charge in [0.1, 0.15) is 17.3 Å². The van der Waals surface area contributed by atoms with Gasteiger partial charge >= 0.3 is 5.69 Å². The molecule has 2 aromatic rings. The van der Waals surface area contributed by atoms with Crippen LogP contribution in [-0.4, -0.2) is 38.1 Å². The number of carbonyl (C=O) groups is 3. The summed E-state index contributed by atoms with van der Waals surface area (Å²) in [4.78, 5) is 68.8. The Labute approximate surface area is 193 Å². The number of anilines is 2. The van der Waals surface area contributed by atoms with E-state index >= 15 is 0 Å². The number of Topliss-reactive ketones (excluding diaryl/α,β-unsaturated/α-hetero) is 1. The standard InChI is InChI=1S/C18H11ClN6O9/c1-8-15(16(26)17(27)20-11-4-2-9(19)6-13(11)24(31)32)18(28)22(21-8)12-5-3-10(23(29)30)7-14(12)25(33)34/h2-7,15H,1H3,(H,20,27)/t15-/m0/s1. The number of nitro benzene ring substituents is 3. The maximum atomic E-state index is 12.9. The van der Waals surface area contributed by atoms with Gasteiger partial charge in [-0.3, -0.25) is 44.7 Å². The van der Waals surface area contributed by atoms with Gasteiger partial charge < -0.3 is 5.32 Å². The van der Waals surface area contributed by atoms with E-state index in [9.17, 15) is 44.7 Å². The summed E-state index contributed by atoms with van der Waals surface area (Å²) in [6.45, 7) is 1.22. The van der Waals surface area contributed by atoms with Gasteiger partial charge in [0.15, 0.2) is 0 Å². The summed E-state index contributed by atoms with van der Waals surface area (Å²) in [5.41, 5.74) is -3.03. The van der Waals surface area contributed by atoms with Gasteiger partial charge in [-0.15, -0.1) is 0 Å². The van der Waals surface area contributed by atoms with Crippen molar-refractivity contribution >= 4 is 63.3 Å². The third kappa shape index (κ3) is 4.40. The van der Waals surface area contributed by atoms with Gasteiger partial charge in [0.05, 0.1) is 26.5 Å². The number of benzene rings is 2. The lowest BCUT2D eigenvalue weighted by Crippen LogP contribution is -2.39. The fourth-order valence-electron chi connectivity index (χ4n) is 3.07. The summed E-state index contributed by atoms with van der Waals surface area (Å²) < 4.78 is 0. The zero-order valence-corrected chi connectivity index (χ0v) is 17.6. The molecule has 1 atom stereocenters. The molecule has 34 heavy (non-hydrogen) atoms. The van der Waals surface area contributed by atoms with E-state index < -0.39 is 61.0 Å². The van der Waals surface area contributed by atoms with Crippen molar-refractivity contribution in [3.05, 3.63) is 71.8 Å². The number of nitrogens with zero attached hydrogens (tertiary/aromatic N) is 5. The predicted molar refractivity (Wildman–Crippen MR) is 116 cm³/mol. The topological polar surface area (TPSA) is 208 Å². The number of carbonyl (C=O) groups excluding carboxylic acids is 3. The van der Waals surface area contributed by atoms with Gasteiger partial charge in [-0.2, -0.15) is 10.1 Å². The number of non-ortho nitro benzene ring substituents is 1. The first-order valence-electron chi connectivity index (χ1n) is 9.03. The highest BCUT2D eigenvalue weighted by atomic mass is 35.5. The van der Waals surface area contributed by atoms with Crippen molar-refractivity contribution in [1.82, 2.24) is 0 Å². The molecule has 3 rings (SSSR count). The van der Waals surface area contributed by atoms with E-state index in [0.29, 0.717) is 11.1 Å². The summed E-state index contributed by atoms with van der Waals surface area (Å²) in [6, 6.07) is 5.71. The number of hydrogen-bond acceptors (Lipinski definition) is 10. The lowest BCUT2D eigenvalue weighted by Gasteiger charge is -2.14. The van der Waals surface area contributed by atoms with E-state index in [-0.39, 0.29) is 16.4 Å². The number of rotatable bonds is 7. The van der Waals surface area contributed by atoms with Crippen molar-refractivity contribution in [2.75, 3.05) is 10.3 Å². The quantitative estimate of drug-likeness (QED) is 0.261. The van der Waals surface area contributed by atoms with Crippen LogP contribution in [0.3, 0.4) is 0 Å². The molecule has 0 spiro atoms. The normalized spacial score (nSPS) is 15.0. The van der Waals surface area contributed by atoms with E-state index in [1.54, 1.807) is 0 Å². The maximum Gasteiger partial charge on any atom is 0.301 e. The molecule has 0 fully saturated rings. The van der Waals surface area contributed by atoms with Crippen LogP contribution < -0.4 is 10.3 Å². The summed E-state index contributed by atoms with van der Waals surface area (Å²) in [5, 5.41) is 39.8. The van der Waals surface area contributed by atoms with Crippen molar-refractivity contribution in [3.8, 4) is 0 Å². The van der Waals surface area contributed by atoms with Gasteiger partial charge in [-0.25, -0.2) is 0 Å². The number of hydrazone groups is 1. The van der Waals surface area contributed by atoms with Gasteiger partial charge in [-0.1, -0.05) is 11.6 Å². The minimum Gasteiger partial charge on any atom is -0.314 e. The molecular weight excluding hydrogens is 480 g/mol. The van der Waals surface area contributed by atoms with Crippen molar-refractivity contribution in [3.63, 3.8) is 0 Å². The lowest BCUT2D eigenvalue weighted by molar-refractivity contribution is -0.393. The molecule has 2 aromatic carbocycles. The first kappa shape index (κ1) is 23.9. The van der Waals surface area contributed by atoms with Gasteiger partial charge in [-0.05, 0) is 25.1 Å². The van der Waals surface area contributed by atoms with Gasteiger partial charge in [0, 0.05) is 17.2 Å². The third-order valence-corrected chi connectivity index (χ3v) is 4.85. The highest BCUT2D eigenvalue weighted by Gasteiger charge is 2.44. The first-order chi connectivity index (χ1) is 15.9. The molecule has 16 heteroatoms. The minimum absolute atomic E-state index is 0.00491. The molecule has 2 amide bonds. The highest BCUT2D eigenvalue weighted by Crippen LogP contribution is 2.35. The zero-order valence-electron chi connectivity index (χ0n) is 16.8. The number of halogens is 1. The SMILES string of the molecule is CC1=NN(c2ccc([N+](=O)[O-])cc2[N+](=O)[O-])C(=O)[C@@H]1C(=O)C(=O)Nc1ccc(Cl)cc1[N+](=O)[O-]. The minimum atomic E-state index is -1.78. The van der Waals surface area contributed by atoms with Gasteiger partial charge in [0.25, 0.3) is 23.2 Å². The van der Waals surface area contributed by atoms with Crippen LogP contribution in [0.25, 0.3) is 0 Å². The van der Waals surface area contributed by atoms with Crippen molar-refractivity contribution in [2.24, 2.45) is 11.0 Å². The van der Waals surface area contributed by atoms with E-state index in [1.807, 2.05) is 5.32 Å². The molecular formula is C18H11ClN6O9. The average Bonchev–Trinajstić information content (AvgIpc) is 3.07. The lowest BCUT2D eigenvalue weighted by atomic mass is 9.98. The second-order valence-corrected chi connectivity index (χ2v) is 7.19. The first-order valence-corrected chi connectivity index (χ1v) is 9.41. The summed E-state index contributed by atoms with van der Waals surface area (Å²) in [7, 11) is 0. The van der Waals surface area contributed by atoms with Crippen molar-refractivity contribution in [1.29, 1.82) is 0 Å². The Kier molecular flexibility index (Phi) is 6.31. The number of ketones is 1. The van der Waals surface area contributed by atoms with Crippen LogP contribution in [0, 0.1) is 36.3 Å². The Hall–Kier alpha value is -4.79. The fourth-order valence-corrected chi connectivity index (χ4v) is 3.23. The Balaban J connectivity index is 1.89. The summed E-state index contributed by atoms with van der Waals surface area (Å²) in [6.07, 6.45) is 0. The van der Waals surface area contributed by atoms with Gasteiger partial charge in [0.2, 0.25) is 5.78 Å². The van der Waals surface area contributed by atoms with E-state index in [1.165, 1.54) is 13.0 Å². The molecule has 0 radical (unpaired) electrons. The highest BCUT2D eigenvalue weighted by molar-refractivity contribution is 6.50. The smallest absolute Gasteiger partial charge is 0.301 e. The van der Waals surface area contributed by atoms with Crippen LogP contribution in [0.4, 0.5) is 28.4 Å². The molecule has 15 nitrogen and oxygen atoms in total. The summed E-state index contributed by atoms with van der Waals surface area (Å²) >= 11 is 5.70. The fraction of sp³-hybridized carbons (Fsp3) is 0.111. The molecule has 0 unspecified atom stereocenters. The average molecular weight is 491 g/mol. The molecule has 0 saturated heterocycles. The van der Waals surface area contributed by atoms with Crippen LogP contribution in [-0.2, 0) is 14.4 Å². The van der Waals surface area contributed by atoms with Crippen LogP contribution in [0.15, 0.2) is 41.5 Å². The van der Waals surface area contributed by atoms with Crippen molar-refractivity contribution in [2.45, 2.75) is 6.92 Å². The second kappa shape index (κ2) is 8.99. The molecule has 0 aliphatic carbocycles. The molecule has 1 N–H and O–H groups in total. The number of nitrogens with one attached hydrogen (secondary N) is 1. The Bertz CT molecular complexity index is 1320. The Morgan fingerprint density at radius 3 is 2.24 bits per heavy atom. The van der Waals surface area contributed by atoms with Crippen LogP contribution in [0.2, 0.25) is 5.02 Å². The van der Waals surface area contributed by atoms with Crippen LogP contribution in [0.5, 0.6) is 0 Å². The second-order valence-electron chi connectivity index (χ2n) is 6.75. The largest absolute Gasteiger partial charge is 0.314 e.